The molecular weight excluding hydrogens is 348 g/mol. The van der Waals surface area contributed by atoms with Gasteiger partial charge in [0.25, 0.3) is 0 Å². The predicted octanol–water partition coefficient (Wildman–Crippen LogP) is 0.840. The summed E-state index contributed by atoms with van der Waals surface area (Å²) in [4.78, 5) is 4.41. The zero-order valence-electron chi connectivity index (χ0n) is 14.5. The van der Waals surface area contributed by atoms with Gasteiger partial charge < -0.3 is 15.7 Å². The number of nitrogens with zero attached hydrogens (tertiary/aromatic N) is 1. The predicted molar refractivity (Wildman–Crippen MR) is 100.0 cm³/mol. The molecule has 1 aromatic rings. The highest BCUT2D eigenvalue weighted by molar-refractivity contribution is 7.89. The van der Waals surface area contributed by atoms with E-state index in [9.17, 15) is 13.5 Å². The van der Waals surface area contributed by atoms with E-state index >= 15 is 0 Å². The zero-order valence-corrected chi connectivity index (χ0v) is 16.1. The molecule has 0 fully saturated rings. The molecule has 0 aliphatic rings. The van der Waals surface area contributed by atoms with Gasteiger partial charge in [-0.05, 0) is 49.6 Å². The van der Waals surface area contributed by atoms with Crippen molar-refractivity contribution in [2.75, 3.05) is 31.9 Å². The average Bonchev–Trinajstić information content (AvgIpc) is 3.07. The van der Waals surface area contributed by atoms with Gasteiger partial charge in [0.15, 0.2) is 5.96 Å². The highest BCUT2D eigenvalue weighted by Crippen LogP contribution is 2.23. The maximum absolute atomic E-state index is 11.3. The highest BCUT2D eigenvalue weighted by Gasteiger charge is 2.23. The van der Waals surface area contributed by atoms with Crippen LogP contribution in [0.15, 0.2) is 21.8 Å². The lowest BCUT2D eigenvalue weighted by Crippen LogP contribution is -2.40. The van der Waals surface area contributed by atoms with Gasteiger partial charge in [0.2, 0.25) is 10.0 Å². The zero-order chi connectivity index (χ0) is 18.1. The third kappa shape index (κ3) is 7.61. The van der Waals surface area contributed by atoms with Gasteiger partial charge in [-0.2, -0.15) is 11.3 Å². The van der Waals surface area contributed by atoms with Gasteiger partial charge in [-0.25, -0.2) is 18.1 Å². The maximum atomic E-state index is 11.3. The van der Waals surface area contributed by atoms with E-state index in [0.717, 1.165) is 5.56 Å². The number of rotatable bonds is 10. The molecule has 9 heteroatoms. The lowest BCUT2D eigenvalue weighted by Gasteiger charge is -2.21. The summed E-state index contributed by atoms with van der Waals surface area (Å²) >= 11 is 1.54. The van der Waals surface area contributed by atoms with E-state index in [-0.39, 0.29) is 12.3 Å². The topological polar surface area (TPSA) is 103 Å². The first kappa shape index (κ1) is 20.9. The summed E-state index contributed by atoms with van der Waals surface area (Å²) in [5.74, 6) is 0.689. The third-order valence-corrected chi connectivity index (χ3v) is 5.47. The number of thiophene rings is 1. The van der Waals surface area contributed by atoms with Crippen LogP contribution in [0.2, 0.25) is 0 Å². The van der Waals surface area contributed by atoms with Crippen molar-refractivity contribution in [1.82, 2.24) is 15.4 Å². The monoisotopic (exact) mass is 376 g/mol. The standard InChI is InChI=1S/C15H28N4O3S2/c1-4-16-14(17-8-6-9-19-24(21,22)5-2)18-12-15(3,20)13-7-10-23-11-13/h7,10-11,19-20H,4-6,8-9,12H2,1-3H3,(H2,16,17,18). The average molecular weight is 377 g/mol. The van der Waals surface area contributed by atoms with Gasteiger partial charge in [-0.1, -0.05) is 0 Å². The van der Waals surface area contributed by atoms with Crippen LogP contribution in [0, 0.1) is 0 Å². The molecule has 1 heterocycles. The van der Waals surface area contributed by atoms with Crippen LogP contribution < -0.4 is 15.4 Å². The van der Waals surface area contributed by atoms with Crippen LogP contribution in [0.25, 0.3) is 0 Å². The van der Waals surface area contributed by atoms with Gasteiger partial charge in [0, 0.05) is 19.6 Å². The molecule has 0 aliphatic carbocycles. The Hall–Kier alpha value is -1.16. The molecule has 0 aromatic carbocycles. The molecule has 7 nitrogen and oxygen atoms in total. The minimum atomic E-state index is -3.14. The number of sulfonamides is 1. The van der Waals surface area contributed by atoms with Crippen molar-refractivity contribution in [2.45, 2.75) is 32.8 Å². The number of aliphatic hydroxyl groups is 1. The van der Waals surface area contributed by atoms with Gasteiger partial charge in [0.05, 0.1) is 12.3 Å². The Balaban J connectivity index is 2.45. The van der Waals surface area contributed by atoms with E-state index < -0.39 is 15.6 Å². The first-order valence-corrected chi connectivity index (χ1v) is 10.6. The highest BCUT2D eigenvalue weighted by atomic mass is 32.2. The molecule has 0 amide bonds. The van der Waals surface area contributed by atoms with Crippen LogP contribution in [0.5, 0.6) is 0 Å². The number of hydrogen-bond acceptors (Lipinski definition) is 5. The summed E-state index contributed by atoms with van der Waals surface area (Å²) < 4.78 is 25.2. The van der Waals surface area contributed by atoms with E-state index in [4.69, 9.17) is 0 Å². The molecule has 4 N–H and O–H groups in total. The number of hydrogen-bond donors (Lipinski definition) is 4. The molecule has 0 saturated carbocycles. The molecule has 0 radical (unpaired) electrons. The Morgan fingerprint density at radius 3 is 2.67 bits per heavy atom. The second kappa shape index (κ2) is 9.97. The maximum Gasteiger partial charge on any atom is 0.211 e. The molecule has 1 aromatic heterocycles. The molecule has 0 saturated heterocycles. The Kier molecular flexibility index (Phi) is 8.68. The SMILES string of the molecule is CCNC(=NCC(C)(O)c1ccsc1)NCCCNS(=O)(=O)CC. The Labute approximate surface area is 148 Å². The van der Waals surface area contributed by atoms with Crippen molar-refractivity contribution in [3.8, 4) is 0 Å². The molecule has 24 heavy (non-hydrogen) atoms. The quantitative estimate of drug-likeness (QED) is 0.275. The van der Waals surface area contributed by atoms with Crippen LogP contribution in [0.4, 0.5) is 0 Å². The first-order chi connectivity index (χ1) is 11.3. The summed E-state index contributed by atoms with van der Waals surface area (Å²) in [6, 6.07) is 1.89. The molecule has 0 aliphatic heterocycles. The Morgan fingerprint density at radius 1 is 1.33 bits per heavy atom. The fourth-order valence-electron chi connectivity index (χ4n) is 1.86. The van der Waals surface area contributed by atoms with Gasteiger partial charge >= 0.3 is 0 Å². The van der Waals surface area contributed by atoms with Crippen molar-refractivity contribution in [2.24, 2.45) is 4.99 Å². The number of nitrogens with one attached hydrogen (secondary N) is 3. The van der Waals surface area contributed by atoms with E-state index in [2.05, 4.69) is 20.3 Å². The second-order valence-corrected chi connectivity index (χ2v) is 8.43. The molecule has 0 spiro atoms. The molecular formula is C15H28N4O3S2. The summed E-state index contributed by atoms with van der Waals surface area (Å²) in [6.45, 7) is 7.21. The normalized spacial score (nSPS) is 15.1. The van der Waals surface area contributed by atoms with Gasteiger partial charge in [-0.15, -0.1) is 0 Å². The van der Waals surface area contributed by atoms with Crippen LogP contribution in [-0.4, -0.2) is 51.4 Å². The Bertz CT molecular complexity index is 598. The lowest BCUT2D eigenvalue weighted by atomic mass is 10.00. The summed E-state index contributed by atoms with van der Waals surface area (Å²) in [5, 5.41) is 20.6. The summed E-state index contributed by atoms with van der Waals surface area (Å²) in [5.41, 5.74) is -0.167. The van der Waals surface area contributed by atoms with E-state index in [0.29, 0.717) is 32.0 Å². The van der Waals surface area contributed by atoms with Crippen LogP contribution in [0.1, 0.15) is 32.8 Å². The minimum absolute atomic E-state index is 0.0855. The summed E-state index contributed by atoms with van der Waals surface area (Å²) in [6.07, 6.45) is 0.643. The smallest absolute Gasteiger partial charge is 0.211 e. The van der Waals surface area contributed by atoms with E-state index in [1.54, 1.807) is 13.8 Å². The van der Waals surface area contributed by atoms with Crippen molar-refractivity contribution >= 4 is 27.3 Å². The molecule has 1 unspecified atom stereocenters. The fraction of sp³-hybridized carbons (Fsp3) is 0.667. The van der Waals surface area contributed by atoms with Crippen molar-refractivity contribution in [3.05, 3.63) is 22.4 Å². The van der Waals surface area contributed by atoms with E-state index in [1.807, 2.05) is 23.8 Å². The number of aliphatic imine (C=N–C) groups is 1. The summed E-state index contributed by atoms with van der Waals surface area (Å²) in [7, 11) is -3.14. The Morgan fingerprint density at radius 2 is 2.08 bits per heavy atom. The van der Waals surface area contributed by atoms with E-state index in [1.165, 1.54) is 11.3 Å². The second-order valence-electron chi connectivity index (χ2n) is 5.56. The number of guanidine groups is 1. The van der Waals surface area contributed by atoms with Crippen molar-refractivity contribution < 1.29 is 13.5 Å². The fourth-order valence-corrected chi connectivity index (χ4v) is 3.30. The lowest BCUT2D eigenvalue weighted by molar-refractivity contribution is 0.0677. The molecule has 1 rings (SSSR count). The van der Waals surface area contributed by atoms with Gasteiger partial charge in [-0.3, -0.25) is 0 Å². The van der Waals surface area contributed by atoms with Crippen molar-refractivity contribution in [1.29, 1.82) is 0 Å². The molecule has 1 atom stereocenters. The minimum Gasteiger partial charge on any atom is -0.383 e. The third-order valence-electron chi connectivity index (χ3n) is 3.38. The largest absolute Gasteiger partial charge is 0.383 e. The van der Waals surface area contributed by atoms with Crippen molar-refractivity contribution in [3.63, 3.8) is 0 Å². The molecule has 0 bridgehead atoms. The van der Waals surface area contributed by atoms with Crippen LogP contribution in [0.3, 0.4) is 0 Å². The van der Waals surface area contributed by atoms with Crippen LogP contribution in [-0.2, 0) is 15.6 Å². The van der Waals surface area contributed by atoms with Gasteiger partial charge in [0.1, 0.15) is 5.60 Å². The molecule has 138 valence electrons. The first-order valence-electron chi connectivity index (χ1n) is 8.05. The van der Waals surface area contributed by atoms with Crippen LogP contribution >= 0.6 is 11.3 Å².